The maximum atomic E-state index is 12.6. The molecule has 2 nitrogen and oxygen atoms in total. The standard InChI is InChI=1S/C14H17BrClNO/c1-9-4-3-5-10(2)17(9)14(18)12-7-6-11(16)8-13(12)15/h6-10H,3-5H2,1-2H3/t9-,10+. The Kier molecular flexibility index (Phi) is 4.33. The molecule has 1 fully saturated rings. The molecular formula is C14H17BrClNO. The molecule has 0 aromatic heterocycles. The minimum absolute atomic E-state index is 0.0956. The Morgan fingerprint density at radius 3 is 2.50 bits per heavy atom. The molecule has 0 aliphatic carbocycles. The summed E-state index contributed by atoms with van der Waals surface area (Å²) in [4.78, 5) is 14.6. The highest BCUT2D eigenvalue weighted by Gasteiger charge is 2.30. The fourth-order valence-corrected chi connectivity index (χ4v) is 3.48. The molecule has 18 heavy (non-hydrogen) atoms. The van der Waals surface area contributed by atoms with Gasteiger partial charge in [0.25, 0.3) is 5.91 Å². The van der Waals surface area contributed by atoms with Crippen LogP contribution in [0.25, 0.3) is 0 Å². The largest absolute Gasteiger partial charge is 0.333 e. The Balaban J connectivity index is 2.29. The number of nitrogens with zero attached hydrogens (tertiary/aromatic N) is 1. The molecule has 4 heteroatoms. The average Bonchev–Trinajstić information content (AvgIpc) is 2.28. The Labute approximate surface area is 121 Å². The van der Waals surface area contributed by atoms with Crippen molar-refractivity contribution < 1.29 is 4.79 Å². The smallest absolute Gasteiger partial charge is 0.255 e. The van der Waals surface area contributed by atoms with E-state index in [-0.39, 0.29) is 5.91 Å². The second kappa shape index (κ2) is 5.62. The van der Waals surface area contributed by atoms with Crippen LogP contribution < -0.4 is 0 Å². The van der Waals surface area contributed by atoms with Crippen LogP contribution in [-0.4, -0.2) is 22.9 Å². The Hall–Kier alpha value is -0.540. The molecule has 0 saturated carbocycles. The van der Waals surface area contributed by atoms with E-state index in [9.17, 15) is 4.79 Å². The van der Waals surface area contributed by atoms with E-state index in [2.05, 4.69) is 29.8 Å². The van der Waals surface area contributed by atoms with Crippen molar-refractivity contribution in [3.8, 4) is 0 Å². The fourth-order valence-electron chi connectivity index (χ4n) is 2.62. The number of hydrogen-bond donors (Lipinski definition) is 0. The lowest BCUT2D eigenvalue weighted by Gasteiger charge is -2.39. The summed E-state index contributed by atoms with van der Waals surface area (Å²) < 4.78 is 0.768. The van der Waals surface area contributed by atoms with Crippen molar-refractivity contribution in [1.29, 1.82) is 0 Å². The molecule has 1 aromatic carbocycles. The van der Waals surface area contributed by atoms with Crippen LogP contribution in [0.3, 0.4) is 0 Å². The number of carbonyl (C=O) groups excluding carboxylic acids is 1. The van der Waals surface area contributed by atoms with Gasteiger partial charge in [0.1, 0.15) is 0 Å². The van der Waals surface area contributed by atoms with E-state index < -0.39 is 0 Å². The highest BCUT2D eigenvalue weighted by atomic mass is 79.9. The zero-order chi connectivity index (χ0) is 13.3. The van der Waals surface area contributed by atoms with Crippen molar-refractivity contribution in [2.75, 3.05) is 0 Å². The monoisotopic (exact) mass is 329 g/mol. The Morgan fingerprint density at radius 2 is 1.94 bits per heavy atom. The summed E-state index contributed by atoms with van der Waals surface area (Å²) in [6.45, 7) is 4.24. The third-order valence-corrected chi connectivity index (χ3v) is 4.48. The molecule has 1 aliphatic rings. The molecule has 1 aromatic rings. The van der Waals surface area contributed by atoms with Gasteiger partial charge in [0.2, 0.25) is 0 Å². The summed E-state index contributed by atoms with van der Waals surface area (Å²) in [5.41, 5.74) is 0.694. The van der Waals surface area contributed by atoms with E-state index in [0.29, 0.717) is 22.7 Å². The van der Waals surface area contributed by atoms with Crippen molar-refractivity contribution in [3.63, 3.8) is 0 Å². The predicted octanol–water partition coefficient (Wildman–Crippen LogP) is 4.51. The zero-order valence-corrected chi connectivity index (χ0v) is 13.0. The third-order valence-electron chi connectivity index (χ3n) is 3.59. The van der Waals surface area contributed by atoms with Gasteiger partial charge in [0.15, 0.2) is 0 Å². The Morgan fingerprint density at radius 1 is 1.33 bits per heavy atom. The van der Waals surface area contributed by atoms with Crippen LogP contribution in [0, 0.1) is 0 Å². The molecule has 2 atom stereocenters. The van der Waals surface area contributed by atoms with E-state index in [4.69, 9.17) is 11.6 Å². The van der Waals surface area contributed by atoms with Crippen LogP contribution in [0.2, 0.25) is 5.02 Å². The van der Waals surface area contributed by atoms with Gasteiger partial charge in [-0.1, -0.05) is 11.6 Å². The topological polar surface area (TPSA) is 20.3 Å². The van der Waals surface area contributed by atoms with Crippen LogP contribution in [0.5, 0.6) is 0 Å². The number of piperidine rings is 1. The molecule has 0 unspecified atom stereocenters. The molecule has 0 spiro atoms. The van der Waals surface area contributed by atoms with Crippen molar-refractivity contribution in [2.45, 2.75) is 45.2 Å². The fraction of sp³-hybridized carbons (Fsp3) is 0.500. The first-order valence-corrected chi connectivity index (χ1v) is 7.45. The van der Waals surface area contributed by atoms with Gasteiger partial charge in [0, 0.05) is 21.6 Å². The van der Waals surface area contributed by atoms with Gasteiger partial charge in [-0.15, -0.1) is 0 Å². The van der Waals surface area contributed by atoms with Crippen LogP contribution in [-0.2, 0) is 0 Å². The predicted molar refractivity (Wildman–Crippen MR) is 78.1 cm³/mol. The van der Waals surface area contributed by atoms with Gasteiger partial charge in [-0.2, -0.15) is 0 Å². The van der Waals surface area contributed by atoms with Gasteiger partial charge >= 0.3 is 0 Å². The first-order valence-electron chi connectivity index (χ1n) is 6.28. The maximum absolute atomic E-state index is 12.6. The van der Waals surface area contributed by atoms with Crippen molar-refractivity contribution in [2.24, 2.45) is 0 Å². The molecule has 0 bridgehead atoms. The lowest BCUT2D eigenvalue weighted by Crippen LogP contribution is -2.47. The summed E-state index contributed by atoms with van der Waals surface area (Å²) in [6, 6.07) is 5.95. The van der Waals surface area contributed by atoms with Crippen molar-refractivity contribution in [1.82, 2.24) is 4.90 Å². The van der Waals surface area contributed by atoms with Crippen LogP contribution >= 0.6 is 27.5 Å². The van der Waals surface area contributed by atoms with Crippen LogP contribution in [0.4, 0.5) is 0 Å². The van der Waals surface area contributed by atoms with E-state index in [1.54, 1.807) is 18.2 Å². The first-order chi connectivity index (χ1) is 8.50. The number of halogens is 2. The molecular weight excluding hydrogens is 314 g/mol. The summed E-state index contributed by atoms with van der Waals surface area (Å²) >= 11 is 9.33. The summed E-state index contributed by atoms with van der Waals surface area (Å²) in [7, 11) is 0. The van der Waals surface area contributed by atoms with Gasteiger partial charge < -0.3 is 4.90 Å². The summed E-state index contributed by atoms with van der Waals surface area (Å²) in [5.74, 6) is 0.0956. The maximum Gasteiger partial charge on any atom is 0.255 e. The number of rotatable bonds is 1. The number of benzene rings is 1. The van der Waals surface area contributed by atoms with Crippen LogP contribution in [0.1, 0.15) is 43.5 Å². The SMILES string of the molecule is C[C@@H]1CCC[C@H](C)N1C(=O)c1ccc(Cl)cc1Br. The molecule has 1 heterocycles. The van der Waals surface area contributed by atoms with Gasteiger partial charge in [-0.05, 0) is 67.2 Å². The lowest BCUT2D eigenvalue weighted by atomic mass is 9.96. The molecule has 98 valence electrons. The number of carbonyl (C=O) groups is 1. The van der Waals surface area contributed by atoms with Crippen molar-refractivity contribution in [3.05, 3.63) is 33.3 Å². The minimum Gasteiger partial charge on any atom is -0.333 e. The van der Waals surface area contributed by atoms with Crippen LogP contribution in [0.15, 0.2) is 22.7 Å². The highest BCUT2D eigenvalue weighted by molar-refractivity contribution is 9.10. The van der Waals surface area contributed by atoms with Gasteiger partial charge in [0.05, 0.1) is 5.56 Å². The first kappa shape index (κ1) is 13.9. The molecule has 1 aliphatic heterocycles. The highest BCUT2D eigenvalue weighted by Crippen LogP contribution is 2.28. The zero-order valence-electron chi connectivity index (χ0n) is 10.6. The van der Waals surface area contributed by atoms with Gasteiger partial charge in [-0.25, -0.2) is 0 Å². The normalized spacial score (nSPS) is 24.1. The molecule has 2 rings (SSSR count). The van der Waals surface area contributed by atoms with E-state index >= 15 is 0 Å². The van der Waals surface area contributed by atoms with Gasteiger partial charge in [-0.3, -0.25) is 4.79 Å². The third kappa shape index (κ3) is 2.72. The Bertz CT molecular complexity index is 453. The number of likely N-dealkylation sites (tertiary alicyclic amines) is 1. The summed E-state index contributed by atoms with van der Waals surface area (Å²) in [6.07, 6.45) is 3.37. The van der Waals surface area contributed by atoms with E-state index in [1.807, 2.05) is 4.90 Å². The van der Waals surface area contributed by atoms with E-state index in [0.717, 1.165) is 17.3 Å². The lowest BCUT2D eigenvalue weighted by molar-refractivity contribution is 0.0510. The molecule has 0 radical (unpaired) electrons. The molecule has 1 saturated heterocycles. The second-order valence-corrected chi connectivity index (χ2v) is 6.26. The quantitative estimate of drug-likeness (QED) is 0.742. The second-order valence-electron chi connectivity index (χ2n) is 4.97. The van der Waals surface area contributed by atoms with Crippen molar-refractivity contribution >= 4 is 33.4 Å². The number of hydrogen-bond acceptors (Lipinski definition) is 1. The molecule has 1 amide bonds. The number of amides is 1. The van der Waals surface area contributed by atoms with E-state index in [1.165, 1.54) is 6.42 Å². The minimum atomic E-state index is 0.0956. The molecule has 0 N–H and O–H groups in total. The summed E-state index contributed by atoms with van der Waals surface area (Å²) in [5, 5.41) is 0.637. The average molecular weight is 331 g/mol.